The van der Waals surface area contributed by atoms with Crippen molar-refractivity contribution >= 4 is 15.9 Å². The predicted molar refractivity (Wildman–Crippen MR) is 66.3 cm³/mol. The highest BCUT2D eigenvalue weighted by atomic mass is 32.2. The summed E-state index contributed by atoms with van der Waals surface area (Å²) in [6, 6.07) is 2.94. The number of carbonyl (C=O) groups excluding carboxylic acids is 1. The second kappa shape index (κ2) is 4.58. The minimum absolute atomic E-state index is 0.0264. The number of hydrogen-bond donors (Lipinski definition) is 1. The van der Waals surface area contributed by atoms with Crippen molar-refractivity contribution in [1.82, 2.24) is 4.72 Å². The maximum Gasteiger partial charge on any atom is 0.300 e. The first kappa shape index (κ1) is 13.4. The average molecular weight is 283 g/mol. The van der Waals surface area contributed by atoms with E-state index in [-0.39, 0.29) is 16.4 Å². The van der Waals surface area contributed by atoms with Gasteiger partial charge < -0.3 is 8.83 Å². The zero-order chi connectivity index (χ0) is 14.2. The van der Waals surface area contributed by atoms with Crippen molar-refractivity contribution in [1.29, 1.82) is 0 Å². The maximum absolute atomic E-state index is 12.0. The molecule has 0 bridgehead atoms. The lowest BCUT2D eigenvalue weighted by Gasteiger charge is -2.04. The largest absolute Gasteiger partial charge is 0.465 e. The molecule has 6 nitrogen and oxygen atoms in total. The summed E-state index contributed by atoms with van der Waals surface area (Å²) in [5, 5.41) is 0. The van der Waals surface area contributed by atoms with Crippen molar-refractivity contribution in [2.45, 2.75) is 25.7 Å². The Morgan fingerprint density at radius 3 is 2.42 bits per heavy atom. The van der Waals surface area contributed by atoms with Gasteiger partial charge >= 0.3 is 5.91 Å². The van der Waals surface area contributed by atoms with E-state index in [1.165, 1.54) is 19.3 Å². The van der Waals surface area contributed by atoms with E-state index < -0.39 is 15.9 Å². The normalized spacial score (nSPS) is 11.5. The summed E-state index contributed by atoms with van der Waals surface area (Å²) in [7, 11) is -3.97. The van der Waals surface area contributed by atoms with E-state index in [0.717, 1.165) is 0 Å². The molecule has 0 saturated carbocycles. The van der Waals surface area contributed by atoms with Crippen molar-refractivity contribution in [2.24, 2.45) is 0 Å². The monoisotopic (exact) mass is 283 g/mol. The standard InChI is InChI=1S/C12H13NO5S/c1-7-4-5-17-11(7)12(14)13-19(15,16)10-6-8(2)18-9(10)3/h4-6H,1-3H3,(H,13,14). The van der Waals surface area contributed by atoms with Crippen molar-refractivity contribution in [3.63, 3.8) is 0 Å². The Morgan fingerprint density at radius 1 is 1.26 bits per heavy atom. The second-order valence-electron chi connectivity index (χ2n) is 4.14. The van der Waals surface area contributed by atoms with Crippen molar-refractivity contribution < 1.29 is 22.0 Å². The van der Waals surface area contributed by atoms with Crippen LogP contribution in [0.1, 0.15) is 27.6 Å². The topological polar surface area (TPSA) is 89.5 Å². The smallest absolute Gasteiger partial charge is 0.300 e. The van der Waals surface area contributed by atoms with Gasteiger partial charge in [-0.25, -0.2) is 13.1 Å². The lowest BCUT2D eigenvalue weighted by atomic mass is 10.3. The third-order valence-corrected chi connectivity index (χ3v) is 4.02. The summed E-state index contributed by atoms with van der Waals surface area (Å²) in [5.41, 5.74) is 0.563. The molecule has 0 atom stereocenters. The van der Waals surface area contributed by atoms with Crippen LogP contribution < -0.4 is 4.72 Å². The molecule has 19 heavy (non-hydrogen) atoms. The Balaban J connectivity index is 2.30. The van der Waals surface area contributed by atoms with Gasteiger partial charge in [0.1, 0.15) is 16.4 Å². The Labute approximate surface area is 110 Å². The van der Waals surface area contributed by atoms with Crippen LogP contribution >= 0.6 is 0 Å². The highest BCUT2D eigenvalue weighted by Crippen LogP contribution is 2.19. The Bertz CT molecular complexity index is 723. The summed E-state index contributed by atoms with van der Waals surface area (Å²) in [5.74, 6) is -0.143. The molecule has 0 spiro atoms. The van der Waals surface area contributed by atoms with Gasteiger partial charge in [-0.3, -0.25) is 4.79 Å². The van der Waals surface area contributed by atoms with Gasteiger partial charge in [0.05, 0.1) is 6.26 Å². The number of amides is 1. The van der Waals surface area contributed by atoms with Crippen LogP contribution in [-0.2, 0) is 10.0 Å². The van der Waals surface area contributed by atoms with E-state index in [1.54, 1.807) is 19.9 Å². The van der Waals surface area contributed by atoms with E-state index in [1.807, 2.05) is 4.72 Å². The minimum atomic E-state index is -3.97. The third kappa shape index (κ3) is 2.55. The number of hydrogen-bond acceptors (Lipinski definition) is 5. The summed E-state index contributed by atoms with van der Waals surface area (Å²) >= 11 is 0. The maximum atomic E-state index is 12.0. The first-order chi connectivity index (χ1) is 8.81. The quantitative estimate of drug-likeness (QED) is 0.929. The fraction of sp³-hybridized carbons (Fsp3) is 0.250. The summed E-state index contributed by atoms with van der Waals surface area (Å²) in [6.45, 7) is 4.80. The van der Waals surface area contributed by atoms with Crippen LogP contribution in [0.5, 0.6) is 0 Å². The molecule has 0 aliphatic rings. The van der Waals surface area contributed by atoms with E-state index >= 15 is 0 Å². The van der Waals surface area contributed by atoms with Crippen LogP contribution in [0.4, 0.5) is 0 Å². The van der Waals surface area contributed by atoms with Crippen molar-refractivity contribution in [3.8, 4) is 0 Å². The Morgan fingerprint density at radius 2 is 1.95 bits per heavy atom. The number of nitrogens with one attached hydrogen (secondary N) is 1. The third-order valence-electron chi connectivity index (χ3n) is 2.58. The number of sulfonamides is 1. The van der Waals surface area contributed by atoms with Gasteiger partial charge in [0, 0.05) is 11.6 Å². The van der Waals surface area contributed by atoms with Gasteiger partial charge in [-0.05, 0) is 26.8 Å². The van der Waals surface area contributed by atoms with Gasteiger partial charge in [-0.1, -0.05) is 0 Å². The van der Waals surface area contributed by atoms with E-state index in [2.05, 4.69) is 0 Å². The fourth-order valence-corrected chi connectivity index (χ4v) is 2.89. The first-order valence-corrected chi connectivity index (χ1v) is 6.98. The van der Waals surface area contributed by atoms with Crippen LogP contribution in [0.2, 0.25) is 0 Å². The molecule has 0 aliphatic heterocycles. The molecule has 0 saturated heterocycles. The zero-order valence-electron chi connectivity index (χ0n) is 10.7. The van der Waals surface area contributed by atoms with E-state index in [0.29, 0.717) is 11.3 Å². The number of aryl methyl sites for hydroxylation is 3. The molecule has 102 valence electrons. The molecule has 2 aromatic heterocycles. The molecule has 1 amide bonds. The SMILES string of the molecule is Cc1cc(S(=O)(=O)NC(=O)c2occc2C)c(C)o1. The lowest BCUT2D eigenvalue weighted by Crippen LogP contribution is -2.30. The summed E-state index contributed by atoms with van der Waals surface area (Å²) < 4.78 is 36.1. The zero-order valence-corrected chi connectivity index (χ0v) is 11.5. The molecule has 7 heteroatoms. The van der Waals surface area contributed by atoms with E-state index in [9.17, 15) is 13.2 Å². The van der Waals surface area contributed by atoms with Gasteiger partial charge in [0.25, 0.3) is 10.0 Å². The molecule has 0 aliphatic carbocycles. The highest BCUT2D eigenvalue weighted by molar-refractivity contribution is 7.90. The van der Waals surface area contributed by atoms with Crippen LogP contribution in [0.3, 0.4) is 0 Å². The number of carbonyl (C=O) groups is 1. The van der Waals surface area contributed by atoms with Gasteiger partial charge in [0.15, 0.2) is 5.76 Å². The van der Waals surface area contributed by atoms with Crippen LogP contribution in [0.25, 0.3) is 0 Å². The van der Waals surface area contributed by atoms with Crippen LogP contribution in [0, 0.1) is 20.8 Å². The number of furan rings is 2. The van der Waals surface area contributed by atoms with E-state index in [4.69, 9.17) is 8.83 Å². The molecule has 0 unspecified atom stereocenters. The van der Waals surface area contributed by atoms with Crippen molar-refractivity contribution in [2.75, 3.05) is 0 Å². The van der Waals surface area contributed by atoms with Crippen LogP contribution in [-0.4, -0.2) is 14.3 Å². The fourth-order valence-electron chi connectivity index (χ4n) is 1.70. The van der Waals surface area contributed by atoms with Gasteiger partial charge in [-0.2, -0.15) is 0 Å². The second-order valence-corrected chi connectivity index (χ2v) is 5.80. The predicted octanol–water partition coefficient (Wildman–Crippen LogP) is 1.92. The molecule has 2 rings (SSSR count). The molecular formula is C12H13NO5S. The Hall–Kier alpha value is -2.02. The van der Waals surface area contributed by atoms with Crippen LogP contribution in [0.15, 0.2) is 32.1 Å². The summed E-state index contributed by atoms with van der Waals surface area (Å²) in [6.07, 6.45) is 1.32. The van der Waals surface area contributed by atoms with Crippen molar-refractivity contribution in [3.05, 3.63) is 41.2 Å². The molecule has 0 aromatic carbocycles. The molecule has 0 radical (unpaired) electrons. The summed E-state index contributed by atoms with van der Waals surface area (Å²) in [4.78, 5) is 11.8. The molecule has 2 heterocycles. The molecule has 2 aromatic rings. The van der Waals surface area contributed by atoms with Gasteiger partial charge in [0.2, 0.25) is 0 Å². The van der Waals surface area contributed by atoms with Gasteiger partial charge in [-0.15, -0.1) is 0 Å². The highest BCUT2D eigenvalue weighted by Gasteiger charge is 2.25. The molecular weight excluding hydrogens is 270 g/mol. The minimum Gasteiger partial charge on any atom is -0.465 e. The molecule has 1 N–H and O–H groups in total. The lowest BCUT2D eigenvalue weighted by molar-refractivity contribution is 0.0953. The molecule has 0 fully saturated rings. The Kier molecular flexibility index (Phi) is 3.23. The first-order valence-electron chi connectivity index (χ1n) is 5.49. The average Bonchev–Trinajstić information content (AvgIpc) is 2.84. The number of rotatable bonds is 3.